The van der Waals surface area contributed by atoms with Crippen LogP contribution in [0, 0.1) is 17.0 Å². The first-order valence-corrected chi connectivity index (χ1v) is 11.1. The Balaban J connectivity index is 1.92. The number of hydrogen-bond acceptors (Lipinski definition) is 6. The maximum atomic E-state index is 13.1. The van der Waals surface area contributed by atoms with E-state index in [4.69, 9.17) is 4.74 Å². The van der Waals surface area contributed by atoms with Crippen molar-refractivity contribution in [2.24, 2.45) is 0 Å². The smallest absolute Gasteiger partial charge is 0.308 e. The van der Waals surface area contributed by atoms with Gasteiger partial charge >= 0.3 is 5.97 Å². The number of para-hydroxylation sites is 1. The van der Waals surface area contributed by atoms with Crippen LogP contribution < -0.4 is 10.9 Å². The highest BCUT2D eigenvalue weighted by atomic mass is 16.6. The Hall–Kier alpha value is -4.27. The highest BCUT2D eigenvalue weighted by Gasteiger charge is 2.27. The number of esters is 1. The fourth-order valence-corrected chi connectivity index (χ4v) is 3.74. The first-order chi connectivity index (χ1) is 16.7. The van der Waals surface area contributed by atoms with E-state index < -0.39 is 34.5 Å². The minimum absolute atomic E-state index is 0.138. The van der Waals surface area contributed by atoms with Crippen LogP contribution in [-0.2, 0) is 16.1 Å². The van der Waals surface area contributed by atoms with E-state index in [1.54, 1.807) is 32.2 Å². The summed E-state index contributed by atoms with van der Waals surface area (Å²) in [7, 11) is 0. The molecule has 1 N–H and O–H groups in total. The molecule has 2 aromatic carbocycles. The first kappa shape index (κ1) is 25.4. The number of carbonyl (C=O) groups is 2. The number of ether oxygens (including phenoxy) is 1. The molecule has 1 amide bonds. The number of nitro groups is 1. The Morgan fingerprint density at radius 2 is 1.83 bits per heavy atom. The van der Waals surface area contributed by atoms with E-state index in [-0.39, 0.29) is 29.8 Å². The molecule has 0 aliphatic carbocycles. The molecule has 0 spiro atoms. The average molecular weight is 478 g/mol. The second-order valence-electron chi connectivity index (χ2n) is 8.43. The molecule has 1 heterocycles. The summed E-state index contributed by atoms with van der Waals surface area (Å²) < 4.78 is 6.60. The summed E-state index contributed by atoms with van der Waals surface area (Å²) in [5.41, 5.74) is 1.19. The molecule has 0 bridgehead atoms. The number of hydrogen-bond donors (Lipinski definition) is 1. The largest absolute Gasteiger partial charge is 0.463 e. The Labute approximate surface area is 202 Å². The van der Waals surface area contributed by atoms with Gasteiger partial charge in [-0.05, 0) is 38.5 Å². The third-order valence-corrected chi connectivity index (χ3v) is 5.25. The number of nitrogens with zero attached hydrogens (tertiary/aromatic N) is 2. The predicted octanol–water partition coefficient (Wildman–Crippen LogP) is 3.93. The lowest BCUT2D eigenvalue weighted by atomic mass is 10.0. The summed E-state index contributed by atoms with van der Waals surface area (Å²) in [4.78, 5) is 49.6. The van der Waals surface area contributed by atoms with E-state index in [0.717, 1.165) is 11.1 Å². The molecule has 0 saturated heterocycles. The normalized spacial score (nSPS) is 11.7. The fourth-order valence-electron chi connectivity index (χ4n) is 3.74. The highest BCUT2D eigenvalue weighted by Crippen LogP contribution is 2.27. The summed E-state index contributed by atoms with van der Waals surface area (Å²) >= 11 is 0. The summed E-state index contributed by atoms with van der Waals surface area (Å²) in [6, 6.07) is 15.4. The number of aromatic nitrogens is 1. The molecular weight excluding hydrogens is 450 g/mol. The molecule has 9 nitrogen and oxygen atoms in total. The molecule has 0 aliphatic rings. The number of aryl methyl sites for hydroxylation is 1. The SMILES string of the molecule is Cc1cccc(Cn2cccc(C(=O)NC(CC(=O)OC(C)C)c3ccccc3[N+](=O)[O-])c2=O)c1. The van der Waals surface area contributed by atoms with Crippen LogP contribution in [0.15, 0.2) is 71.7 Å². The van der Waals surface area contributed by atoms with Gasteiger partial charge in [-0.1, -0.05) is 48.0 Å². The third-order valence-electron chi connectivity index (χ3n) is 5.25. The highest BCUT2D eigenvalue weighted by molar-refractivity contribution is 5.94. The number of nitrogens with one attached hydrogen (secondary N) is 1. The van der Waals surface area contributed by atoms with Crippen molar-refractivity contribution in [2.45, 2.75) is 45.9 Å². The summed E-state index contributed by atoms with van der Waals surface area (Å²) in [5.74, 6) is -1.37. The molecule has 1 atom stereocenters. The van der Waals surface area contributed by atoms with Crippen LogP contribution in [0.3, 0.4) is 0 Å². The minimum atomic E-state index is -1.07. The monoisotopic (exact) mass is 477 g/mol. The van der Waals surface area contributed by atoms with E-state index >= 15 is 0 Å². The Morgan fingerprint density at radius 1 is 1.09 bits per heavy atom. The van der Waals surface area contributed by atoms with E-state index in [1.807, 2.05) is 31.2 Å². The minimum Gasteiger partial charge on any atom is -0.463 e. The lowest BCUT2D eigenvalue weighted by Gasteiger charge is -2.19. The van der Waals surface area contributed by atoms with Gasteiger partial charge in [-0.3, -0.25) is 24.5 Å². The fraction of sp³-hybridized carbons (Fsp3) is 0.269. The van der Waals surface area contributed by atoms with Gasteiger partial charge in [0.15, 0.2) is 0 Å². The second-order valence-corrected chi connectivity index (χ2v) is 8.43. The third kappa shape index (κ3) is 6.63. The van der Waals surface area contributed by atoms with Gasteiger partial charge in [0.05, 0.1) is 35.6 Å². The summed E-state index contributed by atoms with van der Waals surface area (Å²) in [6.45, 7) is 5.58. The van der Waals surface area contributed by atoms with E-state index in [9.17, 15) is 24.5 Å². The van der Waals surface area contributed by atoms with E-state index in [2.05, 4.69) is 5.32 Å². The predicted molar refractivity (Wildman–Crippen MR) is 130 cm³/mol. The van der Waals surface area contributed by atoms with Crippen molar-refractivity contribution in [3.63, 3.8) is 0 Å². The number of amides is 1. The Kier molecular flexibility index (Phi) is 8.14. The van der Waals surface area contributed by atoms with Crippen LogP contribution in [-0.4, -0.2) is 27.5 Å². The van der Waals surface area contributed by atoms with Crippen molar-refractivity contribution in [1.82, 2.24) is 9.88 Å². The van der Waals surface area contributed by atoms with Crippen molar-refractivity contribution in [3.05, 3.63) is 110 Å². The van der Waals surface area contributed by atoms with Crippen molar-refractivity contribution >= 4 is 17.6 Å². The molecule has 1 unspecified atom stereocenters. The lowest BCUT2D eigenvalue weighted by molar-refractivity contribution is -0.385. The van der Waals surface area contributed by atoms with Crippen molar-refractivity contribution in [3.8, 4) is 0 Å². The zero-order chi connectivity index (χ0) is 25.5. The van der Waals surface area contributed by atoms with Crippen LogP contribution in [0.5, 0.6) is 0 Å². The van der Waals surface area contributed by atoms with Crippen molar-refractivity contribution in [2.75, 3.05) is 0 Å². The van der Waals surface area contributed by atoms with E-state index in [0.29, 0.717) is 0 Å². The molecule has 3 aromatic rings. The number of pyridine rings is 1. The van der Waals surface area contributed by atoms with Gasteiger partial charge < -0.3 is 14.6 Å². The van der Waals surface area contributed by atoms with Crippen LogP contribution in [0.1, 0.15) is 53.4 Å². The van der Waals surface area contributed by atoms with Crippen molar-refractivity contribution in [1.29, 1.82) is 0 Å². The first-order valence-electron chi connectivity index (χ1n) is 11.1. The number of benzene rings is 2. The van der Waals surface area contributed by atoms with Gasteiger partial charge in [0, 0.05) is 12.3 Å². The van der Waals surface area contributed by atoms with Crippen LogP contribution in [0.25, 0.3) is 0 Å². The van der Waals surface area contributed by atoms with Gasteiger partial charge in [-0.25, -0.2) is 0 Å². The average Bonchev–Trinajstić information content (AvgIpc) is 2.79. The second kappa shape index (κ2) is 11.2. The number of carbonyl (C=O) groups excluding carboxylic acids is 2. The van der Waals surface area contributed by atoms with Crippen molar-refractivity contribution < 1.29 is 19.2 Å². The molecule has 0 radical (unpaired) electrons. The van der Waals surface area contributed by atoms with Gasteiger partial charge in [-0.2, -0.15) is 0 Å². The molecule has 9 heteroatoms. The molecular formula is C26H27N3O6. The number of nitro benzene ring substituents is 1. The number of rotatable bonds is 9. The summed E-state index contributed by atoms with van der Waals surface area (Å²) in [5, 5.41) is 14.2. The Bertz CT molecular complexity index is 1300. The topological polar surface area (TPSA) is 121 Å². The van der Waals surface area contributed by atoms with Crippen LogP contribution >= 0.6 is 0 Å². The standard InChI is InChI=1S/C26H27N3O6/c1-17(2)35-24(30)15-22(20-10-4-5-12-23(20)29(33)34)27-25(31)21-11-7-13-28(26(21)32)16-19-9-6-8-18(3)14-19/h4-14,17,22H,15-16H2,1-3H3,(H,27,31). The summed E-state index contributed by atoms with van der Waals surface area (Å²) in [6.07, 6.45) is 0.854. The zero-order valence-corrected chi connectivity index (χ0v) is 19.8. The quantitative estimate of drug-likeness (QED) is 0.283. The molecule has 35 heavy (non-hydrogen) atoms. The maximum Gasteiger partial charge on any atom is 0.308 e. The maximum absolute atomic E-state index is 13.1. The molecule has 0 fully saturated rings. The van der Waals surface area contributed by atoms with Crippen LogP contribution in [0.2, 0.25) is 0 Å². The van der Waals surface area contributed by atoms with Crippen LogP contribution in [0.4, 0.5) is 5.69 Å². The molecule has 1 aromatic heterocycles. The lowest BCUT2D eigenvalue weighted by Crippen LogP contribution is -2.36. The van der Waals surface area contributed by atoms with Gasteiger partial charge in [0.2, 0.25) is 0 Å². The zero-order valence-electron chi connectivity index (χ0n) is 19.8. The van der Waals surface area contributed by atoms with Gasteiger partial charge in [0.1, 0.15) is 5.56 Å². The van der Waals surface area contributed by atoms with Gasteiger partial charge in [0.25, 0.3) is 17.2 Å². The van der Waals surface area contributed by atoms with Gasteiger partial charge in [-0.15, -0.1) is 0 Å². The van der Waals surface area contributed by atoms with E-state index in [1.165, 1.54) is 28.8 Å². The molecule has 0 saturated carbocycles. The molecule has 3 rings (SSSR count). The Morgan fingerprint density at radius 3 is 2.51 bits per heavy atom. The molecule has 182 valence electrons. The molecule has 0 aliphatic heterocycles.